The average molecular weight is 214 g/mol. The molecule has 0 fully saturated rings. The fraction of sp³-hybridized carbons (Fsp3) is 0. The van der Waals surface area contributed by atoms with Crippen molar-refractivity contribution in [1.29, 1.82) is 0 Å². The van der Waals surface area contributed by atoms with E-state index in [2.05, 4.69) is 4.98 Å². The summed E-state index contributed by atoms with van der Waals surface area (Å²) in [7, 11) is 0. The molecule has 0 aliphatic rings. The Kier molecular flexibility index (Phi) is 2.02. The summed E-state index contributed by atoms with van der Waals surface area (Å²) in [5, 5.41) is 1.06. The van der Waals surface area contributed by atoms with Crippen LogP contribution in [0.2, 0.25) is 5.02 Å². The molecule has 0 spiro atoms. The molecule has 0 atom stereocenters. The predicted octanol–water partition coefficient (Wildman–Crippen LogP) is 3.20. The van der Waals surface area contributed by atoms with Crippen LogP contribution in [-0.2, 0) is 0 Å². The van der Waals surface area contributed by atoms with Crippen LogP contribution < -0.4 is 0 Å². The van der Waals surface area contributed by atoms with E-state index in [1.807, 2.05) is 6.07 Å². The van der Waals surface area contributed by atoms with E-state index in [9.17, 15) is 4.79 Å². The first-order chi connectivity index (χ1) is 6.16. The lowest BCUT2D eigenvalue weighted by Crippen LogP contribution is -1.85. The van der Waals surface area contributed by atoms with Crippen molar-refractivity contribution in [3.63, 3.8) is 0 Å². The van der Waals surface area contributed by atoms with Gasteiger partial charge in [0.2, 0.25) is 0 Å². The number of aromatic nitrogens is 1. The SMILES string of the molecule is O=C(Cl)c1cc2ccc(Cl)cc2[nH]1. The lowest BCUT2D eigenvalue weighted by Gasteiger charge is -1.88. The Labute approximate surface area is 84.5 Å². The van der Waals surface area contributed by atoms with Crippen LogP contribution in [0.15, 0.2) is 24.3 Å². The van der Waals surface area contributed by atoms with Crippen molar-refractivity contribution in [2.75, 3.05) is 0 Å². The van der Waals surface area contributed by atoms with Gasteiger partial charge in [-0.25, -0.2) is 0 Å². The number of fused-ring (bicyclic) bond motifs is 1. The fourth-order valence-corrected chi connectivity index (χ4v) is 1.48. The Hall–Kier alpha value is -0.990. The van der Waals surface area contributed by atoms with E-state index < -0.39 is 5.24 Å². The molecule has 2 aromatic rings. The zero-order chi connectivity index (χ0) is 9.42. The molecule has 0 aliphatic heterocycles. The first kappa shape index (κ1) is 8.60. The third-order valence-corrected chi connectivity index (χ3v) is 2.23. The molecule has 1 heterocycles. The molecule has 0 radical (unpaired) electrons. The van der Waals surface area contributed by atoms with Gasteiger partial charge in [-0.15, -0.1) is 0 Å². The highest BCUT2D eigenvalue weighted by Crippen LogP contribution is 2.20. The molecule has 1 aromatic heterocycles. The highest BCUT2D eigenvalue weighted by Gasteiger charge is 2.05. The third-order valence-electron chi connectivity index (χ3n) is 1.80. The summed E-state index contributed by atoms with van der Waals surface area (Å²) in [5.41, 5.74) is 1.20. The number of hydrogen-bond acceptors (Lipinski definition) is 1. The molecule has 0 aliphatic carbocycles. The maximum atomic E-state index is 10.8. The molecule has 66 valence electrons. The monoisotopic (exact) mass is 213 g/mol. The van der Waals surface area contributed by atoms with Gasteiger partial charge in [0.05, 0.1) is 5.69 Å². The lowest BCUT2D eigenvalue weighted by atomic mass is 10.2. The lowest BCUT2D eigenvalue weighted by molar-refractivity contribution is 0.107. The van der Waals surface area contributed by atoms with Gasteiger partial charge in [0, 0.05) is 15.9 Å². The van der Waals surface area contributed by atoms with Crippen LogP contribution in [0.4, 0.5) is 0 Å². The van der Waals surface area contributed by atoms with Crippen LogP contribution in [0.5, 0.6) is 0 Å². The molecular weight excluding hydrogens is 209 g/mol. The summed E-state index contributed by atoms with van der Waals surface area (Å²) in [4.78, 5) is 13.7. The Bertz CT molecular complexity index is 475. The molecule has 2 rings (SSSR count). The van der Waals surface area contributed by atoms with Crippen molar-refractivity contribution in [3.05, 3.63) is 35.0 Å². The maximum absolute atomic E-state index is 10.8. The van der Waals surface area contributed by atoms with Gasteiger partial charge in [-0.1, -0.05) is 17.7 Å². The highest BCUT2D eigenvalue weighted by molar-refractivity contribution is 6.67. The van der Waals surface area contributed by atoms with E-state index in [0.717, 1.165) is 10.9 Å². The number of rotatable bonds is 1. The molecule has 13 heavy (non-hydrogen) atoms. The average Bonchev–Trinajstić information content (AvgIpc) is 2.46. The normalized spacial score (nSPS) is 10.6. The number of benzene rings is 1. The van der Waals surface area contributed by atoms with Crippen molar-refractivity contribution >= 4 is 39.3 Å². The van der Waals surface area contributed by atoms with Gasteiger partial charge in [-0.05, 0) is 29.8 Å². The van der Waals surface area contributed by atoms with Crippen molar-refractivity contribution in [3.8, 4) is 0 Å². The Morgan fingerprint density at radius 2 is 2.08 bits per heavy atom. The van der Waals surface area contributed by atoms with E-state index in [1.165, 1.54) is 0 Å². The Morgan fingerprint density at radius 1 is 1.31 bits per heavy atom. The second-order valence-corrected chi connectivity index (χ2v) is 3.47. The fourth-order valence-electron chi connectivity index (χ4n) is 1.21. The van der Waals surface area contributed by atoms with Gasteiger partial charge >= 0.3 is 0 Å². The van der Waals surface area contributed by atoms with Crippen LogP contribution in [-0.4, -0.2) is 10.2 Å². The highest BCUT2D eigenvalue weighted by atomic mass is 35.5. The number of H-pyrrole nitrogens is 1. The summed E-state index contributed by atoms with van der Waals surface area (Å²) in [5.74, 6) is 0. The molecule has 1 aromatic carbocycles. The first-order valence-corrected chi connectivity index (χ1v) is 4.40. The number of carbonyl (C=O) groups excluding carboxylic acids is 1. The van der Waals surface area contributed by atoms with Crippen LogP contribution in [0.1, 0.15) is 10.5 Å². The van der Waals surface area contributed by atoms with Crippen molar-refractivity contribution < 1.29 is 4.79 Å². The van der Waals surface area contributed by atoms with Crippen molar-refractivity contribution in [1.82, 2.24) is 4.98 Å². The number of hydrogen-bond donors (Lipinski definition) is 1. The van der Waals surface area contributed by atoms with Crippen molar-refractivity contribution in [2.45, 2.75) is 0 Å². The number of aromatic amines is 1. The van der Waals surface area contributed by atoms with Crippen LogP contribution in [0, 0.1) is 0 Å². The zero-order valence-corrected chi connectivity index (χ0v) is 7.99. The number of halogens is 2. The molecular formula is C9H5Cl2NO. The van der Waals surface area contributed by atoms with Gasteiger partial charge in [-0.3, -0.25) is 4.79 Å². The largest absolute Gasteiger partial charge is 0.351 e. The smallest absolute Gasteiger partial charge is 0.268 e. The second-order valence-electron chi connectivity index (χ2n) is 2.69. The summed E-state index contributed by atoms with van der Waals surface area (Å²) in [6.07, 6.45) is 0. The van der Waals surface area contributed by atoms with E-state index in [-0.39, 0.29) is 0 Å². The van der Waals surface area contributed by atoms with Gasteiger partial charge in [0.25, 0.3) is 5.24 Å². The molecule has 0 bridgehead atoms. The predicted molar refractivity (Wildman–Crippen MR) is 53.5 cm³/mol. The molecule has 0 saturated carbocycles. The van der Waals surface area contributed by atoms with Crippen LogP contribution >= 0.6 is 23.2 Å². The van der Waals surface area contributed by atoms with Gasteiger partial charge in [-0.2, -0.15) is 0 Å². The quantitative estimate of drug-likeness (QED) is 0.726. The molecule has 0 amide bonds. The summed E-state index contributed by atoms with van der Waals surface area (Å²) in [6, 6.07) is 7.04. The zero-order valence-electron chi connectivity index (χ0n) is 6.47. The van der Waals surface area contributed by atoms with E-state index in [4.69, 9.17) is 23.2 Å². The minimum atomic E-state index is -0.493. The van der Waals surface area contributed by atoms with Gasteiger partial charge in [0.15, 0.2) is 0 Å². The maximum Gasteiger partial charge on any atom is 0.268 e. The number of carbonyl (C=O) groups is 1. The van der Waals surface area contributed by atoms with E-state index in [1.54, 1.807) is 18.2 Å². The molecule has 0 unspecified atom stereocenters. The van der Waals surface area contributed by atoms with Crippen LogP contribution in [0.3, 0.4) is 0 Å². The van der Waals surface area contributed by atoms with Crippen LogP contribution in [0.25, 0.3) is 10.9 Å². The summed E-state index contributed by atoms with van der Waals surface area (Å²) in [6.45, 7) is 0. The third kappa shape index (κ3) is 1.55. The van der Waals surface area contributed by atoms with E-state index in [0.29, 0.717) is 10.7 Å². The molecule has 0 saturated heterocycles. The Morgan fingerprint density at radius 3 is 2.77 bits per heavy atom. The van der Waals surface area contributed by atoms with E-state index >= 15 is 0 Å². The van der Waals surface area contributed by atoms with Crippen molar-refractivity contribution in [2.24, 2.45) is 0 Å². The first-order valence-electron chi connectivity index (χ1n) is 3.65. The van der Waals surface area contributed by atoms with Gasteiger partial charge < -0.3 is 4.98 Å². The molecule has 4 heteroatoms. The minimum Gasteiger partial charge on any atom is -0.351 e. The topological polar surface area (TPSA) is 32.9 Å². The minimum absolute atomic E-state index is 0.388. The standard InChI is InChI=1S/C9H5Cl2NO/c10-6-2-1-5-3-8(9(11)13)12-7(5)4-6/h1-4,12H. The van der Waals surface area contributed by atoms with Gasteiger partial charge in [0.1, 0.15) is 0 Å². The Balaban J connectivity index is 2.68. The summed E-state index contributed by atoms with van der Waals surface area (Å²) < 4.78 is 0. The number of nitrogens with one attached hydrogen (secondary N) is 1. The molecule has 1 N–H and O–H groups in total. The molecule has 2 nitrogen and oxygen atoms in total. The second kappa shape index (κ2) is 3.05. The summed E-state index contributed by atoms with van der Waals surface area (Å²) >= 11 is 11.1.